The number of benzene rings is 2. The van der Waals surface area contributed by atoms with E-state index in [1.165, 1.54) is 17.3 Å². The SMILES string of the molecule is CC(SCc1ccccc1)C(=O)Nc1ccc(Sc2nncn2C)cc1. The Morgan fingerprint density at radius 1 is 1.15 bits per heavy atom. The third-order valence-corrected chi connectivity index (χ3v) is 5.99. The van der Waals surface area contributed by atoms with Crippen LogP contribution >= 0.6 is 23.5 Å². The molecule has 2 aromatic carbocycles. The summed E-state index contributed by atoms with van der Waals surface area (Å²) in [5.74, 6) is 0.836. The number of carbonyl (C=O) groups is 1. The van der Waals surface area contributed by atoms with E-state index in [0.717, 1.165) is 21.5 Å². The largest absolute Gasteiger partial charge is 0.325 e. The van der Waals surface area contributed by atoms with E-state index in [2.05, 4.69) is 27.6 Å². The number of rotatable bonds is 7. The highest BCUT2D eigenvalue weighted by atomic mass is 32.2. The average molecular weight is 385 g/mol. The van der Waals surface area contributed by atoms with E-state index in [1.807, 2.05) is 61.0 Å². The van der Waals surface area contributed by atoms with Gasteiger partial charge in [-0.25, -0.2) is 0 Å². The van der Waals surface area contributed by atoms with E-state index in [0.29, 0.717) is 0 Å². The summed E-state index contributed by atoms with van der Waals surface area (Å²) in [6, 6.07) is 17.9. The number of amides is 1. The fraction of sp³-hybridized carbons (Fsp3) is 0.211. The molecule has 1 aromatic heterocycles. The van der Waals surface area contributed by atoms with Gasteiger partial charge < -0.3 is 9.88 Å². The van der Waals surface area contributed by atoms with Crippen molar-refractivity contribution in [2.45, 2.75) is 28.0 Å². The first-order chi connectivity index (χ1) is 12.6. The lowest BCUT2D eigenvalue weighted by Crippen LogP contribution is -2.22. The summed E-state index contributed by atoms with van der Waals surface area (Å²) >= 11 is 3.16. The molecule has 0 radical (unpaired) electrons. The van der Waals surface area contributed by atoms with E-state index < -0.39 is 0 Å². The van der Waals surface area contributed by atoms with Gasteiger partial charge in [-0.05, 0) is 48.5 Å². The summed E-state index contributed by atoms with van der Waals surface area (Å²) in [4.78, 5) is 13.4. The third kappa shape index (κ3) is 5.12. The minimum Gasteiger partial charge on any atom is -0.325 e. The minimum atomic E-state index is -0.122. The van der Waals surface area contributed by atoms with Gasteiger partial charge >= 0.3 is 0 Å². The molecular weight excluding hydrogens is 364 g/mol. The summed E-state index contributed by atoms with van der Waals surface area (Å²) in [5, 5.41) is 11.6. The standard InChI is InChI=1S/C19H20N4OS2/c1-14(25-12-15-6-4-3-5-7-15)18(24)21-16-8-10-17(11-9-16)26-19-22-20-13-23(19)2/h3-11,13-14H,12H2,1-2H3,(H,21,24). The number of nitrogens with zero attached hydrogens (tertiary/aromatic N) is 3. The smallest absolute Gasteiger partial charge is 0.237 e. The predicted octanol–water partition coefficient (Wildman–Crippen LogP) is 4.23. The van der Waals surface area contributed by atoms with Crippen LogP contribution in [-0.2, 0) is 17.6 Å². The molecule has 0 fully saturated rings. The fourth-order valence-corrected chi connectivity index (χ4v) is 3.80. The van der Waals surface area contributed by atoms with Crippen molar-refractivity contribution in [1.82, 2.24) is 14.8 Å². The summed E-state index contributed by atoms with van der Waals surface area (Å²) in [7, 11) is 1.91. The van der Waals surface area contributed by atoms with Crippen LogP contribution < -0.4 is 5.32 Å². The lowest BCUT2D eigenvalue weighted by atomic mass is 10.2. The highest BCUT2D eigenvalue weighted by molar-refractivity contribution is 7.99. The average Bonchev–Trinajstić information content (AvgIpc) is 3.06. The Balaban J connectivity index is 1.51. The third-order valence-electron chi connectivity index (χ3n) is 3.71. The van der Waals surface area contributed by atoms with Crippen LogP contribution in [0.25, 0.3) is 0 Å². The zero-order valence-corrected chi connectivity index (χ0v) is 16.3. The van der Waals surface area contributed by atoms with E-state index >= 15 is 0 Å². The molecule has 1 N–H and O–H groups in total. The molecule has 1 unspecified atom stereocenters. The topological polar surface area (TPSA) is 59.8 Å². The molecular formula is C19H20N4OS2. The quantitative estimate of drug-likeness (QED) is 0.661. The number of carbonyl (C=O) groups excluding carboxylic acids is 1. The molecule has 0 aliphatic carbocycles. The number of thioether (sulfide) groups is 1. The lowest BCUT2D eigenvalue weighted by molar-refractivity contribution is -0.115. The van der Waals surface area contributed by atoms with Gasteiger partial charge in [0.2, 0.25) is 5.91 Å². The van der Waals surface area contributed by atoms with Gasteiger partial charge in [-0.2, -0.15) is 0 Å². The molecule has 1 heterocycles. The van der Waals surface area contributed by atoms with Gasteiger partial charge in [0, 0.05) is 23.4 Å². The van der Waals surface area contributed by atoms with Gasteiger partial charge in [-0.1, -0.05) is 30.3 Å². The zero-order valence-electron chi connectivity index (χ0n) is 14.6. The van der Waals surface area contributed by atoms with E-state index in [-0.39, 0.29) is 11.2 Å². The van der Waals surface area contributed by atoms with Gasteiger partial charge in [0.25, 0.3) is 0 Å². The normalized spacial score (nSPS) is 11.9. The molecule has 0 saturated heterocycles. The second-order valence-electron chi connectivity index (χ2n) is 5.78. The molecule has 7 heteroatoms. The van der Waals surface area contributed by atoms with Crippen molar-refractivity contribution >= 4 is 35.1 Å². The summed E-state index contributed by atoms with van der Waals surface area (Å²) in [6.07, 6.45) is 1.67. The second-order valence-corrected chi connectivity index (χ2v) is 8.15. The molecule has 3 aromatic rings. The maximum atomic E-state index is 12.4. The van der Waals surface area contributed by atoms with Crippen LogP contribution in [0, 0.1) is 0 Å². The number of nitrogens with one attached hydrogen (secondary N) is 1. The van der Waals surface area contributed by atoms with Gasteiger partial charge in [0.1, 0.15) is 6.33 Å². The van der Waals surface area contributed by atoms with Crippen molar-refractivity contribution in [3.05, 3.63) is 66.5 Å². The van der Waals surface area contributed by atoms with Crippen molar-refractivity contribution in [3.63, 3.8) is 0 Å². The number of aryl methyl sites for hydroxylation is 1. The van der Waals surface area contributed by atoms with Crippen LogP contribution in [0.2, 0.25) is 0 Å². The van der Waals surface area contributed by atoms with Crippen LogP contribution in [0.3, 0.4) is 0 Å². The molecule has 0 aliphatic rings. The Morgan fingerprint density at radius 2 is 1.88 bits per heavy atom. The Labute approximate surface area is 161 Å². The molecule has 0 aliphatic heterocycles. The summed E-state index contributed by atoms with van der Waals surface area (Å²) in [5.41, 5.74) is 2.02. The van der Waals surface area contributed by atoms with E-state index in [9.17, 15) is 4.79 Å². The van der Waals surface area contributed by atoms with Crippen LogP contribution in [-0.4, -0.2) is 25.9 Å². The highest BCUT2D eigenvalue weighted by Crippen LogP contribution is 2.26. The van der Waals surface area contributed by atoms with Crippen LogP contribution in [0.1, 0.15) is 12.5 Å². The highest BCUT2D eigenvalue weighted by Gasteiger charge is 2.14. The number of hydrogen-bond acceptors (Lipinski definition) is 5. The molecule has 1 amide bonds. The molecule has 26 heavy (non-hydrogen) atoms. The van der Waals surface area contributed by atoms with Gasteiger partial charge in [-0.3, -0.25) is 4.79 Å². The molecule has 1 atom stereocenters. The molecule has 0 saturated carbocycles. The van der Waals surface area contributed by atoms with Crippen LogP contribution in [0.15, 0.2) is 71.0 Å². The first-order valence-electron chi connectivity index (χ1n) is 8.20. The maximum absolute atomic E-state index is 12.4. The molecule has 134 valence electrons. The van der Waals surface area contributed by atoms with E-state index in [1.54, 1.807) is 18.1 Å². The first-order valence-corrected chi connectivity index (χ1v) is 10.1. The van der Waals surface area contributed by atoms with Crippen LogP contribution in [0.5, 0.6) is 0 Å². The number of hydrogen-bond donors (Lipinski definition) is 1. The monoisotopic (exact) mass is 384 g/mol. The maximum Gasteiger partial charge on any atom is 0.237 e. The van der Waals surface area contributed by atoms with Crippen molar-refractivity contribution in [3.8, 4) is 0 Å². The molecule has 5 nitrogen and oxygen atoms in total. The Kier molecular flexibility index (Phi) is 6.35. The summed E-state index contributed by atoms with van der Waals surface area (Å²) in [6.45, 7) is 1.93. The van der Waals surface area contributed by atoms with Gasteiger partial charge in [-0.15, -0.1) is 22.0 Å². The summed E-state index contributed by atoms with van der Waals surface area (Å²) < 4.78 is 1.87. The fourth-order valence-electron chi connectivity index (χ4n) is 2.19. The van der Waals surface area contributed by atoms with Gasteiger partial charge in [0.05, 0.1) is 5.25 Å². The van der Waals surface area contributed by atoms with Crippen molar-refractivity contribution in [1.29, 1.82) is 0 Å². The second kappa shape index (κ2) is 8.91. The molecule has 0 spiro atoms. The first kappa shape index (κ1) is 18.5. The Hall–Kier alpha value is -2.25. The van der Waals surface area contributed by atoms with Crippen LogP contribution in [0.4, 0.5) is 5.69 Å². The van der Waals surface area contributed by atoms with Crippen molar-refractivity contribution < 1.29 is 4.79 Å². The predicted molar refractivity (Wildman–Crippen MR) is 107 cm³/mol. The van der Waals surface area contributed by atoms with Gasteiger partial charge in [0.15, 0.2) is 5.16 Å². The Bertz CT molecular complexity index is 849. The van der Waals surface area contributed by atoms with E-state index in [4.69, 9.17) is 0 Å². The van der Waals surface area contributed by atoms with Crippen molar-refractivity contribution in [2.75, 3.05) is 5.32 Å². The molecule has 3 rings (SSSR count). The minimum absolute atomic E-state index is 0.0136. The van der Waals surface area contributed by atoms with Crippen molar-refractivity contribution in [2.24, 2.45) is 7.05 Å². The number of aromatic nitrogens is 3. The Morgan fingerprint density at radius 3 is 2.54 bits per heavy atom. The zero-order chi connectivity index (χ0) is 18.4. The number of anilines is 1. The lowest BCUT2D eigenvalue weighted by Gasteiger charge is -2.12. The molecule has 0 bridgehead atoms.